The second-order valence-corrected chi connectivity index (χ2v) is 7.54. The molecule has 0 bridgehead atoms. The van der Waals surface area contributed by atoms with Gasteiger partial charge in [0.15, 0.2) is 0 Å². The van der Waals surface area contributed by atoms with Crippen molar-refractivity contribution in [1.82, 2.24) is 5.32 Å². The van der Waals surface area contributed by atoms with Gasteiger partial charge in [-0.3, -0.25) is 9.59 Å². The van der Waals surface area contributed by atoms with Crippen molar-refractivity contribution in [1.29, 1.82) is 0 Å². The Morgan fingerprint density at radius 2 is 1.67 bits per heavy atom. The molecule has 0 unspecified atom stereocenters. The topological polar surface area (TPSA) is 72.2 Å². The van der Waals surface area contributed by atoms with Crippen molar-refractivity contribution >= 4 is 43.7 Å². The van der Waals surface area contributed by atoms with E-state index in [0.717, 1.165) is 20.1 Å². The normalized spacial score (nSPS) is 11.8. The number of hydrogen-bond donors (Lipinski definition) is 2. The Hall–Kier alpha value is -1.66. The first-order valence-corrected chi connectivity index (χ1v) is 8.97. The molecule has 0 heterocycles. The molecule has 3 N–H and O–H groups in total. The maximum absolute atomic E-state index is 12.4. The Morgan fingerprint density at radius 3 is 2.21 bits per heavy atom. The zero-order valence-electron chi connectivity index (χ0n) is 13.4. The molecule has 6 heteroatoms. The van der Waals surface area contributed by atoms with E-state index in [-0.39, 0.29) is 5.91 Å². The van der Waals surface area contributed by atoms with E-state index in [1.165, 1.54) is 5.56 Å². The molecule has 2 aromatic carbocycles. The molecule has 2 rings (SSSR count). The first-order valence-electron chi connectivity index (χ1n) is 7.38. The van der Waals surface area contributed by atoms with Crippen molar-refractivity contribution in [3.63, 3.8) is 0 Å². The lowest BCUT2D eigenvalue weighted by Crippen LogP contribution is -2.45. The summed E-state index contributed by atoms with van der Waals surface area (Å²) in [4.78, 5) is 24.2. The lowest BCUT2D eigenvalue weighted by Gasteiger charge is -2.16. The number of nitrogens with one attached hydrogen (secondary N) is 1. The van der Waals surface area contributed by atoms with Crippen molar-refractivity contribution in [3.8, 4) is 0 Å². The van der Waals surface area contributed by atoms with Crippen molar-refractivity contribution in [2.45, 2.75) is 26.3 Å². The predicted octanol–water partition coefficient (Wildman–Crippen LogP) is 3.65. The first kappa shape index (κ1) is 18.7. The SMILES string of the molecule is Cc1ccc(C[C@@H](NC(=O)c2cc(Br)cc(Br)c2)C(N)=O)cc1C. The van der Waals surface area contributed by atoms with E-state index < -0.39 is 11.9 Å². The molecule has 0 aliphatic carbocycles. The highest BCUT2D eigenvalue weighted by Gasteiger charge is 2.20. The van der Waals surface area contributed by atoms with Crippen molar-refractivity contribution in [2.75, 3.05) is 0 Å². The summed E-state index contributed by atoms with van der Waals surface area (Å²) in [5, 5.41) is 2.71. The summed E-state index contributed by atoms with van der Waals surface area (Å²) < 4.78 is 1.54. The molecule has 0 spiro atoms. The smallest absolute Gasteiger partial charge is 0.252 e. The first-order chi connectivity index (χ1) is 11.3. The van der Waals surface area contributed by atoms with Crippen LogP contribution in [-0.4, -0.2) is 17.9 Å². The molecule has 2 amide bonds. The summed E-state index contributed by atoms with van der Waals surface area (Å²) >= 11 is 6.69. The number of carbonyl (C=O) groups is 2. The highest BCUT2D eigenvalue weighted by Crippen LogP contribution is 2.20. The summed E-state index contributed by atoms with van der Waals surface area (Å²) in [6, 6.07) is 10.4. The van der Waals surface area contributed by atoms with Crippen LogP contribution >= 0.6 is 31.9 Å². The predicted molar refractivity (Wildman–Crippen MR) is 102 cm³/mol. The Morgan fingerprint density at radius 1 is 1.04 bits per heavy atom. The molecule has 0 radical (unpaired) electrons. The van der Waals surface area contributed by atoms with Gasteiger partial charge in [0.2, 0.25) is 5.91 Å². The third kappa shape index (κ3) is 4.92. The number of aryl methyl sites for hydroxylation is 2. The molecular weight excluding hydrogens is 436 g/mol. The van der Waals surface area contributed by atoms with E-state index in [9.17, 15) is 9.59 Å². The van der Waals surface area contributed by atoms with Crippen LogP contribution in [-0.2, 0) is 11.2 Å². The average molecular weight is 454 g/mol. The number of halogens is 2. The van der Waals surface area contributed by atoms with Gasteiger partial charge in [-0.05, 0) is 48.7 Å². The van der Waals surface area contributed by atoms with Crippen LogP contribution in [0.1, 0.15) is 27.0 Å². The second kappa shape index (κ2) is 7.94. The Balaban J connectivity index is 2.17. The fraction of sp³-hybridized carbons (Fsp3) is 0.222. The molecule has 0 aliphatic heterocycles. The highest BCUT2D eigenvalue weighted by molar-refractivity contribution is 9.11. The van der Waals surface area contributed by atoms with Gasteiger partial charge in [0, 0.05) is 20.9 Å². The number of nitrogens with two attached hydrogens (primary N) is 1. The molecule has 0 aliphatic rings. The van der Waals surface area contributed by atoms with Crippen LogP contribution < -0.4 is 11.1 Å². The number of rotatable bonds is 5. The second-order valence-electron chi connectivity index (χ2n) is 5.71. The number of primary amides is 1. The van der Waals surface area contributed by atoms with Crippen molar-refractivity contribution in [3.05, 3.63) is 67.6 Å². The Bertz CT molecular complexity index is 770. The summed E-state index contributed by atoms with van der Waals surface area (Å²) in [6.07, 6.45) is 0.358. The van der Waals surface area contributed by atoms with Gasteiger partial charge in [-0.15, -0.1) is 0 Å². The van der Waals surface area contributed by atoms with Crippen LogP contribution in [0.25, 0.3) is 0 Å². The van der Waals surface area contributed by atoms with Crippen LogP contribution in [0.5, 0.6) is 0 Å². The van der Waals surface area contributed by atoms with Crippen LogP contribution in [0, 0.1) is 13.8 Å². The fourth-order valence-electron chi connectivity index (χ4n) is 2.32. The van der Waals surface area contributed by atoms with Gasteiger partial charge in [0.05, 0.1) is 0 Å². The largest absolute Gasteiger partial charge is 0.368 e. The minimum atomic E-state index is -0.766. The van der Waals surface area contributed by atoms with E-state index in [1.807, 2.05) is 38.1 Å². The van der Waals surface area contributed by atoms with Crippen molar-refractivity contribution < 1.29 is 9.59 Å². The maximum atomic E-state index is 12.4. The van der Waals surface area contributed by atoms with Gasteiger partial charge in [-0.1, -0.05) is 50.1 Å². The molecule has 126 valence electrons. The van der Waals surface area contributed by atoms with Gasteiger partial charge in [-0.2, -0.15) is 0 Å². The van der Waals surface area contributed by atoms with Gasteiger partial charge in [0.25, 0.3) is 5.91 Å². The van der Waals surface area contributed by atoms with E-state index in [2.05, 4.69) is 37.2 Å². The summed E-state index contributed by atoms with van der Waals surface area (Å²) in [6.45, 7) is 4.04. The van der Waals surface area contributed by atoms with Crippen LogP contribution in [0.2, 0.25) is 0 Å². The Labute approximate surface area is 158 Å². The minimum absolute atomic E-state index is 0.343. The maximum Gasteiger partial charge on any atom is 0.252 e. The molecule has 2 aromatic rings. The zero-order chi connectivity index (χ0) is 17.9. The summed E-state index contributed by atoms with van der Waals surface area (Å²) in [5.41, 5.74) is 9.18. The van der Waals surface area contributed by atoms with Crippen LogP contribution in [0.15, 0.2) is 45.3 Å². The molecule has 0 saturated heterocycles. The van der Waals surface area contributed by atoms with Crippen molar-refractivity contribution in [2.24, 2.45) is 5.73 Å². The number of amides is 2. The van der Waals surface area contributed by atoms with Gasteiger partial charge in [0.1, 0.15) is 6.04 Å². The van der Waals surface area contributed by atoms with E-state index in [4.69, 9.17) is 5.73 Å². The number of carbonyl (C=O) groups excluding carboxylic acids is 2. The molecule has 0 saturated carbocycles. The van der Waals surface area contributed by atoms with Gasteiger partial charge < -0.3 is 11.1 Å². The van der Waals surface area contributed by atoms with E-state index in [1.54, 1.807) is 12.1 Å². The monoisotopic (exact) mass is 452 g/mol. The quantitative estimate of drug-likeness (QED) is 0.725. The molecule has 0 aromatic heterocycles. The van der Waals surface area contributed by atoms with E-state index >= 15 is 0 Å². The fourth-order valence-corrected chi connectivity index (χ4v) is 3.61. The highest BCUT2D eigenvalue weighted by atomic mass is 79.9. The van der Waals surface area contributed by atoms with Gasteiger partial charge >= 0.3 is 0 Å². The average Bonchev–Trinajstić information content (AvgIpc) is 2.49. The third-order valence-electron chi connectivity index (χ3n) is 3.78. The van der Waals surface area contributed by atoms with Crippen LogP contribution in [0.4, 0.5) is 0 Å². The molecule has 0 fully saturated rings. The lowest BCUT2D eigenvalue weighted by atomic mass is 10.0. The minimum Gasteiger partial charge on any atom is -0.368 e. The molecular formula is C18H18Br2N2O2. The molecule has 1 atom stereocenters. The van der Waals surface area contributed by atoms with E-state index in [0.29, 0.717) is 12.0 Å². The number of benzene rings is 2. The Kier molecular flexibility index (Phi) is 6.18. The molecule has 4 nitrogen and oxygen atoms in total. The summed E-state index contributed by atoms with van der Waals surface area (Å²) in [7, 11) is 0. The van der Waals surface area contributed by atoms with Crippen LogP contribution in [0.3, 0.4) is 0 Å². The lowest BCUT2D eigenvalue weighted by molar-refractivity contribution is -0.119. The third-order valence-corrected chi connectivity index (χ3v) is 4.70. The molecule has 24 heavy (non-hydrogen) atoms. The number of hydrogen-bond acceptors (Lipinski definition) is 2. The standard InChI is InChI=1S/C18H18Br2N2O2/c1-10-3-4-12(5-11(10)2)6-16(17(21)23)22-18(24)13-7-14(19)9-15(20)8-13/h3-5,7-9,16H,6H2,1-2H3,(H2,21,23)(H,22,24)/t16-/m1/s1. The summed E-state index contributed by atoms with van der Waals surface area (Å²) in [5.74, 6) is -0.903. The van der Waals surface area contributed by atoms with Gasteiger partial charge in [-0.25, -0.2) is 0 Å². The zero-order valence-corrected chi connectivity index (χ0v) is 16.6.